The van der Waals surface area contributed by atoms with Gasteiger partial charge in [-0.25, -0.2) is 0 Å². The lowest BCUT2D eigenvalue weighted by molar-refractivity contribution is 0.370. The molecule has 3 rings (SSSR count). The Kier molecular flexibility index (Phi) is 3.55. The minimum atomic E-state index is 0.750. The van der Waals surface area contributed by atoms with E-state index in [4.69, 9.17) is 0 Å². The maximum atomic E-state index is 4.54. The van der Waals surface area contributed by atoms with E-state index in [2.05, 4.69) is 20.4 Å². The fourth-order valence-electron chi connectivity index (χ4n) is 2.54. The zero-order valence-electron chi connectivity index (χ0n) is 11.2. The third-order valence-corrected chi connectivity index (χ3v) is 3.66. The van der Waals surface area contributed by atoms with Gasteiger partial charge in [-0.05, 0) is 38.3 Å². The molecule has 5 heteroatoms. The van der Waals surface area contributed by atoms with Gasteiger partial charge in [0.1, 0.15) is 0 Å². The predicted molar refractivity (Wildman–Crippen MR) is 73.5 cm³/mol. The standard InChI is InChI=1S/C14H19N5/c1-19-10-12(7-18-19)14-9-16-13(8-17-14)6-11-2-4-15-5-3-11/h7-11,15H,2-6H2,1H3. The van der Waals surface area contributed by atoms with Crippen molar-refractivity contribution in [2.24, 2.45) is 13.0 Å². The van der Waals surface area contributed by atoms with Gasteiger partial charge in [0.15, 0.2) is 0 Å². The second-order valence-electron chi connectivity index (χ2n) is 5.19. The van der Waals surface area contributed by atoms with Crippen LogP contribution >= 0.6 is 0 Å². The van der Waals surface area contributed by atoms with E-state index in [9.17, 15) is 0 Å². The summed E-state index contributed by atoms with van der Waals surface area (Å²) in [4.78, 5) is 9.03. The van der Waals surface area contributed by atoms with Gasteiger partial charge in [-0.15, -0.1) is 0 Å². The Morgan fingerprint density at radius 3 is 2.68 bits per heavy atom. The number of aromatic nitrogens is 4. The largest absolute Gasteiger partial charge is 0.317 e. The molecular weight excluding hydrogens is 238 g/mol. The van der Waals surface area contributed by atoms with Crippen molar-refractivity contribution in [1.29, 1.82) is 0 Å². The predicted octanol–water partition coefficient (Wildman–Crippen LogP) is 1.42. The van der Waals surface area contributed by atoms with Crippen LogP contribution in [-0.2, 0) is 13.5 Å². The van der Waals surface area contributed by atoms with Crippen LogP contribution in [0.5, 0.6) is 0 Å². The van der Waals surface area contributed by atoms with Crippen molar-refractivity contribution >= 4 is 0 Å². The average Bonchev–Trinajstić information content (AvgIpc) is 2.87. The maximum Gasteiger partial charge on any atom is 0.0916 e. The number of nitrogens with zero attached hydrogens (tertiary/aromatic N) is 4. The smallest absolute Gasteiger partial charge is 0.0916 e. The molecule has 0 unspecified atom stereocenters. The summed E-state index contributed by atoms with van der Waals surface area (Å²) < 4.78 is 1.78. The van der Waals surface area contributed by atoms with E-state index in [0.29, 0.717) is 0 Å². The van der Waals surface area contributed by atoms with Crippen LogP contribution < -0.4 is 5.32 Å². The molecule has 0 bridgehead atoms. The molecule has 19 heavy (non-hydrogen) atoms. The van der Waals surface area contributed by atoms with Gasteiger partial charge < -0.3 is 5.32 Å². The van der Waals surface area contributed by atoms with Crippen LogP contribution in [0.1, 0.15) is 18.5 Å². The topological polar surface area (TPSA) is 55.6 Å². The molecule has 1 N–H and O–H groups in total. The second-order valence-corrected chi connectivity index (χ2v) is 5.19. The van der Waals surface area contributed by atoms with Gasteiger partial charge in [-0.2, -0.15) is 5.10 Å². The highest BCUT2D eigenvalue weighted by Crippen LogP contribution is 2.18. The molecule has 100 valence electrons. The van der Waals surface area contributed by atoms with Crippen LogP contribution in [0.2, 0.25) is 0 Å². The van der Waals surface area contributed by atoms with Gasteiger partial charge in [0.05, 0.1) is 23.8 Å². The summed E-state index contributed by atoms with van der Waals surface area (Å²) in [6.45, 7) is 2.26. The Balaban J connectivity index is 1.68. The van der Waals surface area contributed by atoms with Crippen LogP contribution in [0, 0.1) is 5.92 Å². The first-order valence-electron chi connectivity index (χ1n) is 6.82. The third-order valence-electron chi connectivity index (χ3n) is 3.66. The van der Waals surface area contributed by atoms with Crippen molar-refractivity contribution < 1.29 is 0 Å². The summed E-state index contributed by atoms with van der Waals surface area (Å²) in [5.41, 5.74) is 3.00. The second kappa shape index (κ2) is 5.48. The molecular formula is C14H19N5. The number of piperidine rings is 1. The number of rotatable bonds is 3. The summed E-state index contributed by atoms with van der Waals surface area (Å²) in [5, 5.41) is 7.54. The Morgan fingerprint density at radius 2 is 2.05 bits per heavy atom. The Morgan fingerprint density at radius 1 is 1.21 bits per heavy atom. The fraction of sp³-hybridized carbons (Fsp3) is 0.500. The maximum absolute atomic E-state index is 4.54. The number of nitrogens with one attached hydrogen (secondary N) is 1. The van der Waals surface area contributed by atoms with E-state index in [0.717, 1.165) is 42.4 Å². The highest BCUT2D eigenvalue weighted by molar-refractivity contribution is 5.55. The molecule has 0 spiro atoms. The minimum absolute atomic E-state index is 0.750. The number of hydrogen-bond acceptors (Lipinski definition) is 4. The zero-order valence-corrected chi connectivity index (χ0v) is 11.2. The summed E-state index contributed by atoms with van der Waals surface area (Å²) >= 11 is 0. The van der Waals surface area contributed by atoms with Gasteiger partial charge in [-0.3, -0.25) is 14.6 Å². The normalized spacial score (nSPS) is 16.7. The monoisotopic (exact) mass is 257 g/mol. The van der Waals surface area contributed by atoms with E-state index in [-0.39, 0.29) is 0 Å². The van der Waals surface area contributed by atoms with Crippen LogP contribution in [-0.4, -0.2) is 32.8 Å². The molecule has 0 aliphatic carbocycles. The van der Waals surface area contributed by atoms with E-state index >= 15 is 0 Å². The van der Waals surface area contributed by atoms with Crippen molar-refractivity contribution in [3.63, 3.8) is 0 Å². The lowest BCUT2D eigenvalue weighted by Gasteiger charge is -2.21. The summed E-state index contributed by atoms with van der Waals surface area (Å²) in [5.74, 6) is 0.750. The first-order valence-corrected chi connectivity index (χ1v) is 6.82. The Labute approximate surface area is 113 Å². The van der Waals surface area contributed by atoms with Gasteiger partial charge in [0, 0.05) is 25.0 Å². The molecule has 0 aromatic carbocycles. The van der Waals surface area contributed by atoms with Crippen molar-refractivity contribution in [3.8, 4) is 11.3 Å². The molecule has 0 radical (unpaired) electrons. The van der Waals surface area contributed by atoms with Gasteiger partial charge in [-0.1, -0.05) is 0 Å². The molecule has 2 aromatic heterocycles. The lowest BCUT2D eigenvalue weighted by atomic mass is 9.93. The van der Waals surface area contributed by atoms with Gasteiger partial charge in [0.2, 0.25) is 0 Å². The van der Waals surface area contributed by atoms with Crippen LogP contribution in [0.3, 0.4) is 0 Å². The zero-order chi connectivity index (χ0) is 13.1. The molecule has 1 aliphatic rings. The molecule has 0 saturated carbocycles. The first-order chi connectivity index (χ1) is 9.31. The lowest BCUT2D eigenvalue weighted by Crippen LogP contribution is -2.28. The molecule has 0 atom stereocenters. The van der Waals surface area contributed by atoms with E-state index in [1.807, 2.05) is 31.8 Å². The number of hydrogen-bond donors (Lipinski definition) is 1. The third kappa shape index (κ3) is 2.98. The van der Waals surface area contributed by atoms with Gasteiger partial charge in [0.25, 0.3) is 0 Å². The summed E-state index contributed by atoms with van der Waals surface area (Å²) in [7, 11) is 1.91. The van der Waals surface area contributed by atoms with E-state index in [1.165, 1.54) is 12.8 Å². The fourth-order valence-corrected chi connectivity index (χ4v) is 2.54. The molecule has 1 fully saturated rings. The van der Waals surface area contributed by atoms with Crippen molar-refractivity contribution in [2.75, 3.05) is 13.1 Å². The van der Waals surface area contributed by atoms with Crippen LogP contribution in [0.15, 0.2) is 24.8 Å². The first kappa shape index (κ1) is 12.3. The van der Waals surface area contributed by atoms with Crippen molar-refractivity contribution in [3.05, 3.63) is 30.5 Å². The molecule has 0 amide bonds. The molecule has 3 heterocycles. The highest BCUT2D eigenvalue weighted by atomic mass is 15.2. The Bertz CT molecular complexity index is 525. The average molecular weight is 257 g/mol. The Hall–Kier alpha value is -1.75. The highest BCUT2D eigenvalue weighted by Gasteiger charge is 2.14. The molecule has 1 aliphatic heterocycles. The quantitative estimate of drug-likeness (QED) is 0.903. The van der Waals surface area contributed by atoms with Gasteiger partial charge >= 0.3 is 0 Å². The van der Waals surface area contributed by atoms with Crippen LogP contribution in [0.4, 0.5) is 0 Å². The van der Waals surface area contributed by atoms with Crippen molar-refractivity contribution in [1.82, 2.24) is 25.1 Å². The summed E-state index contributed by atoms with van der Waals surface area (Å²) in [6.07, 6.45) is 11.1. The van der Waals surface area contributed by atoms with Crippen LogP contribution in [0.25, 0.3) is 11.3 Å². The SMILES string of the molecule is Cn1cc(-c2cnc(CC3CCNCC3)cn2)cn1. The van der Waals surface area contributed by atoms with E-state index < -0.39 is 0 Å². The molecule has 2 aromatic rings. The van der Waals surface area contributed by atoms with Crippen molar-refractivity contribution in [2.45, 2.75) is 19.3 Å². The molecule has 1 saturated heterocycles. The molecule has 5 nitrogen and oxygen atoms in total. The van der Waals surface area contributed by atoms with E-state index in [1.54, 1.807) is 4.68 Å². The minimum Gasteiger partial charge on any atom is -0.317 e. The number of aryl methyl sites for hydroxylation is 1. The summed E-state index contributed by atoms with van der Waals surface area (Å²) in [6, 6.07) is 0.